The number of nitrogens with one attached hydrogen (secondary N) is 1. The lowest BCUT2D eigenvalue weighted by Crippen LogP contribution is -2.38. The molecule has 1 aliphatic rings. The summed E-state index contributed by atoms with van der Waals surface area (Å²) in [6.45, 7) is 3.41. The van der Waals surface area contributed by atoms with Crippen molar-refractivity contribution in [1.82, 2.24) is 15.2 Å². The standard InChI is InChI=1S/C19H22N4O3/c24-19(16-4-3-6-18(12-16)23(25)26)21-13-15-7-10-22(11-8-15)14-17-5-1-2-9-20-17/h1-6,9,12,15H,7-8,10-11,13-14H2,(H,21,24). The predicted octanol–water partition coefficient (Wildman–Crippen LogP) is 2.63. The largest absolute Gasteiger partial charge is 0.352 e. The zero-order valence-electron chi connectivity index (χ0n) is 14.5. The maximum Gasteiger partial charge on any atom is 0.270 e. The molecule has 136 valence electrons. The number of likely N-dealkylation sites (tertiary alicyclic amines) is 1. The highest BCUT2D eigenvalue weighted by Crippen LogP contribution is 2.18. The van der Waals surface area contributed by atoms with Crippen LogP contribution in [-0.2, 0) is 6.54 Å². The van der Waals surface area contributed by atoms with E-state index in [9.17, 15) is 14.9 Å². The van der Waals surface area contributed by atoms with Gasteiger partial charge >= 0.3 is 0 Å². The summed E-state index contributed by atoms with van der Waals surface area (Å²) in [4.78, 5) is 29.3. The van der Waals surface area contributed by atoms with E-state index >= 15 is 0 Å². The molecule has 0 saturated carbocycles. The molecule has 1 fully saturated rings. The van der Waals surface area contributed by atoms with Crippen LogP contribution in [0.2, 0.25) is 0 Å². The van der Waals surface area contributed by atoms with Gasteiger partial charge in [0.2, 0.25) is 0 Å². The second-order valence-electron chi connectivity index (χ2n) is 6.56. The highest BCUT2D eigenvalue weighted by Gasteiger charge is 2.20. The number of piperidine rings is 1. The van der Waals surface area contributed by atoms with Gasteiger partial charge in [-0.1, -0.05) is 12.1 Å². The average Bonchev–Trinajstić information content (AvgIpc) is 2.68. The second-order valence-corrected chi connectivity index (χ2v) is 6.56. The molecule has 26 heavy (non-hydrogen) atoms. The van der Waals surface area contributed by atoms with Crippen LogP contribution in [0.25, 0.3) is 0 Å². The SMILES string of the molecule is O=C(NCC1CCN(Cc2ccccn2)CC1)c1cccc([N+](=O)[O-])c1. The molecule has 1 amide bonds. The molecular formula is C19H22N4O3. The second kappa shape index (κ2) is 8.53. The van der Waals surface area contributed by atoms with E-state index in [1.54, 1.807) is 6.07 Å². The Morgan fingerprint density at radius 2 is 2.04 bits per heavy atom. The van der Waals surface area contributed by atoms with Gasteiger partial charge in [-0.2, -0.15) is 0 Å². The van der Waals surface area contributed by atoms with Crippen LogP contribution in [0.4, 0.5) is 5.69 Å². The van der Waals surface area contributed by atoms with Gasteiger partial charge in [0.15, 0.2) is 0 Å². The molecule has 7 heteroatoms. The topological polar surface area (TPSA) is 88.4 Å². The fourth-order valence-electron chi connectivity index (χ4n) is 3.17. The lowest BCUT2D eigenvalue weighted by Gasteiger charge is -2.31. The molecule has 7 nitrogen and oxygen atoms in total. The van der Waals surface area contributed by atoms with Crippen molar-refractivity contribution in [2.75, 3.05) is 19.6 Å². The summed E-state index contributed by atoms with van der Waals surface area (Å²) in [5, 5.41) is 13.7. The molecule has 0 unspecified atom stereocenters. The predicted molar refractivity (Wildman–Crippen MR) is 97.7 cm³/mol. The Morgan fingerprint density at radius 1 is 1.23 bits per heavy atom. The van der Waals surface area contributed by atoms with Gasteiger partial charge in [-0.25, -0.2) is 0 Å². The first kappa shape index (κ1) is 18.0. The number of pyridine rings is 1. The molecule has 2 heterocycles. The Labute approximate surface area is 152 Å². The van der Waals surface area contributed by atoms with E-state index in [0.29, 0.717) is 18.0 Å². The van der Waals surface area contributed by atoms with Crippen molar-refractivity contribution < 1.29 is 9.72 Å². The third-order valence-corrected chi connectivity index (χ3v) is 4.69. The summed E-state index contributed by atoms with van der Waals surface area (Å²) in [7, 11) is 0. The number of nitrogens with zero attached hydrogens (tertiary/aromatic N) is 3. The van der Waals surface area contributed by atoms with Crippen LogP contribution in [0.3, 0.4) is 0 Å². The first-order valence-electron chi connectivity index (χ1n) is 8.77. The van der Waals surface area contributed by atoms with Gasteiger partial charge < -0.3 is 5.32 Å². The van der Waals surface area contributed by atoms with Crippen molar-refractivity contribution in [3.8, 4) is 0 Å². The van der Waals surface area contributed by atoms with Gasteiger partial charge in [-0.3, -0.25) is 24.8 Å². The lowest BCUT2D eigenvalue weighted by atomic mass is 9.96. The highest BCUT2D eigenvalue weighted by molar-refractivity contribution is 5.94. The minimum absolute atomic E-state index is 0.0690. The molecular weight excluding hydrogens is 332 g/mol. The van der Waals surface area contributed by atoms with Crippen molar-refractivity contribution in [2.45, 2.75) is 19.4 Å². The summed E-state index contributed by atoms with van der Waals surface area (Å²) < 4.78 is 0. The van der Waals surface area contributed by atoms with Crippen LogP contribution in [0.1, 0.15) is 28.9 Å². The number of hydrogen-bond acceptors (Lipinski definition) is 5. The number of hydrogen-bond donors (Lipinski definition) is 1. The van der Waals surface area contributed by atoms with Crippen LogP contribution < -0.4 is 5.32 Å². The van der Waals surface area contributed by atoms with E-state index in [0.717, 1.165) is 38.2 Å². The molecule has 1 N–H and O–H groups in total. The molecule has 1 aliphatic heterocycles. The zero-order chi connectivity index (χ0) is 18.4. The van der Waals surface area contributed by atoms with Crippen LogP contribution in [-0.4, -0.2) is 40.3 Å². The number of benzene rings is 1. The minimum Gasteiger partial charge on any atom is -0.352 e. The quantitative estimate of drug-likeness (QED) is 0.636. The average molecular weight is 354 g/mol. The number of aromatic nitrogens is 1. The summed E-state index contributed by atoms with van der Waals surface area (Å²) in [5.74, 6) is 0.169. The highest BCUT2D eigenvalue weighted by atomic mass is 16.6. The van der Waals surface area contributed by atoms with Gasteiger partial charge in [0, 0.05) is 37.0 Å². The third-order valence-electron chi connectivity index (χ3n) is 4.69. The fraction of sp³-hybridized carbons (Fsp3) is 0.368. The summed E-state index contributed by atoms with van der Waals surface area (Å²) in [6.07, 6.45) is 3.84. The number of carbonyl (C=O) groups is 1. The summed E-state index contributed by atoms with van der Waals surface area (Å²) in [5.41, 5.74) is 1.33. The molecule has 1 aromatic heterocycles. The van der Waals surface area contributed by atoms with Crippen molar-refractivity contribution >= 4 is 11.6 Å². The number of non-ortho nitro benzene ring substituents is 1. The Bertz CT molecular complexity index is 758. The number of amides is 1. The van der Waals surface area contributed by atoms with Crippen LogP contribution >= 0.6 is 0 Å². The van der Waals surface area contributed by atoms with Gasteiger partial charge in [0.05, 0.1) is 10.6 Å². The first-order chi connectivity index (χ1) is 12.6. The van der Waals surface area contributed by atoms with Crippen molar-refractivity contribution in [3.63, 3.8) is 0 Å². The number of carbonyl (C=O) groups excluding carboxylic acids is 1. The van der Waals surface area contributed by atoms with Gasteiger partial charge in [0.25, 0.3) is 11.6 Å². The molecule has 0 atom stereocenters. The summed E-state index contributed by atoms with van der Waals surface area (Å²) >= 11 is 0. The number of nitro groups is 1. The van der Waals surface area contributed by atoms with Crippen LogP contribution in [0.15, 0.2) is 48.7 Å². The maximum absolute atomic E-state index is 12.2. The van der Waals surface area contributed by atoms with E-state index < -0.39 is 4.92 Å². The van der Waals surface area contributed by atoms with E-state index in [1.807, 2.05) is 24.4 Å². The van der Waals surface area contributed by atoms with Gasteiger partial charge in [0.1, 0.15) is 0 Å². The maximum atomic E-state index is 12.2. The summed E-state index contributed by atoms with van der Waals surface area (Å²) in [6, 6.07) is 11.8. The Kier molecular flexibility index (Phi) is 5.91. The van der Waals surface area contributed by atoms with Crippen molar-refractivity contribution in [1.29, 1.82) is 0 Å². The lowest BCUT2D eigenvalue weighted by molar-refractivity contribution is -0.384. The third kappa shape index (κ3) is 4.86. The fourth-order valence-corrected chi connectivity index (χ4v) is 3.17. The monoisotopic (exact) mass is 354 g/mol. The van der Waals surface area contributed by atoms with Gasteiger partial charge in [-0.05, 0) is 50.0 Å². The molecule has 0 spiro atoms. The molecule has 2 aromatic rings. The molecule has 1 saturated heterocycles. The van der Waals surface area contributed by atoms with Crippen molar-refractivity contribution in [3.05, 3.63) is 70.0 Å². The molecule has 3 rings (SSSR count). The Morgan fingerprint density at radius 3 is 2.73 bits per heavy atom. The van der Waals surface area contributed by atoms with E-state index in [-0.39, 0.29) is 11.6 Å². The smallest absolute Gasteiger partial charge is 0.270 e. The van der Waals surface area contributed by atoms with Gasteiger partial charge in [-0.15, -0.1) is 0 Å². The van der Waals surface area contributed by atoms with E-state index in [2.05, 4.69) is 15.2 Å². The molecule has 0 radical (unpaired) electrons. The zero-order valence-corrected chi connectivity index (χ0v) is 14.5. The molecule has 1 aromatic carbocycles. The first-order valence-corrected chi connectivity index (χ1v) is 8.77. The Balaban J connectivity index is 1.44. The number of rotatable bonds is 6. The minimum atomic E-state index is -0.492. The number of nitro benzene ring substituents is 1. The van der Waals surface area contributed by atoms with E-state index in [4.69, 9.17) is 0 Å². The molecule has 0 aliphatic carbocycles. The normalized spacial score (nSPS) is 15.5. The molecule has 0 bridgehead atoms. The van der Waals surface area contributed by atoms with Crippen molar-refractivity contribution in [2.24, 2.45) is 5.92 Å². The van der Waals surface area contributed by atoms with E-state index in [1.165, 1.54) is 18.2 Å². The Hall–Kier alpha value is -2.80. The van der Waals surface area contributed by atoms with Crippen LogP contribution in [0, 0.1) is 16.0 Å². The van der Waals surface area contributed by atoms with Crippen LogP contribution in [0.5, 0.6) is 0 Å².